The summed E-state index contributed by atoms with van der Waals surface area (Å²) in [7, 11) is 0. The molecule has 39 heavy (non-hydrogen) atoms. The molecule has 11 heteroatoms. The van der Waals surface area contributed by atoms with Gasteiger partial charge in [0.15, 0.2) is 0 Å². The van der Waals surface area contributed by atoms with E-state index in [4.69, 9.17) is 4.74 Å². The van der Waals surface area contributed by atoms with Crippen molar-refractivity contribution in [3.05, 3.63) is 70.5 Å². The van der Waals surface area contributed by atoms with Gasteiger partial charge in [0.05, 0.1) is 29.3 Å². The van der Waals surface area contributed by atoms with Crippen molar-refractivity contribution in [2.45, 2.75) is 63.1 Å². The molecule has 2 aromatic carbocycles. The molecule has 0 amide bonds. The zero-order valence-electron chi connectivity index (χ0n) is 21.2. The van der Waals surface area contributed by atoms with Crippen molar-refractivity contribution in [3.8, 4) is 0 Å². The Morgan fingerprint density at radius 3 is 2.18 bits per heavy atom. The van der Waals surface area contributed by atoms with E-state index in [0.717, 1.165) is 18.5 Å². The summed E-state index contributed by atoms with van der Waals surface area (Å²) in [6.45, 7) is 3.10. The fourth-order valence-electron chi connectivity index (χ4n) is 5.88. The Hall–Kier alpha value is -2.66. The highest BCUT2D eigenvalue weighted by Gasteiger charge is 2.42. The average Bonchev–Trinajstić information content (AvgIpc) is 3.25. The number of rotatable bonds is 7. The van der Waals surface area contributed by atoms with Crippen LogP contribution >= 0.6 is 0 Å². The highest BCUT2D eigenvalue weighted by atomic mass is 19.4. The Morgan fingerprint density at radius 2 is 1.62 bits per heavy atom. The van der Waals surface area contributed by atoms with Gasteiger partial charge in [-0.15, -0.1) is 0 Å². The number of carbonyl (C=O) groups is 1. The molecule has 2 fully saturated rings. The standard InChI is InChI=1S/C28H30F7NO3/c1-16(20-11-21(27(30,31)32)13-22(12-20)28(33,34)35)39-24-9-6-18(25(24)17-4-7-23(29)8-5-17)14-36-10-2-3-19(15-36)26(37)38/h4-5,7-8,11-13,16,18-19,24-25H,2-3,6,9-10,14-15H2,1H3,(H,37,38)/t16-,18+,19?,24+,25+/m1/s1. The normalized spacial score (nSPS) is 25.5. The summed E-state index contributed by atoms with van der Waals surface area (Å²) in [6, 6.07) is 7.28. The summed E-state index contributed by atoms with van der Waals surface area (Å²) in [4.78, 5) is 13.6. The van der Waals surface area contributed by atoms with Gasteiger partial charge in [-0.2, -0.15) is 26.3 Å². The van der Waals surface area contributed by atoms with Crippen LogP contribution in [0.5, 0.6) is 0 Å². The molecule has 1 N–H and O–H groups in total. The van der Waals surface area contributed by atoms with Crippen molar-refractivity contribution >= 4 is 5.97 Å². The van der Waals surface area contributed by atoms with E-state index in [2.05, 4.69) is 4.90 Å². The predicted octanol–water partition coefficient (Wildman–Crippen LogP) is 7.30. The Kier molecular flexibility index (Phi) is 8.61. The number of aliphatic carboxylic acids is 1. The first-order valence-electron chi connectivity index (χ1n) is 12.9. The quantitative estimate of drug-likeness (QED) is 0.361. The van der Waals surface area contributed by atoms with E-state index in [-0.39, 0.29) is 23.5 Å². The van der Waals surface area contributed by atoms with Crippen molar-refractivity contribution in [1.29, 1.82) is 0 Å². The van der Waals surface area contributed by atoms with Crippen molar-refractivity contribution in [2.75, 3.05) is 19.6 Å². The molecule has 0 aromatic heterocycles. The fraction of sp³-hybridized carbons (Fsp3) is 0.536. The monoisotopic (exact) mass is 561 g/mol. The lowest BCUT2D eigenvalue weighted by Crippen LogP contribution is -2.42. The zero-order chi connectivity index (χ0) is 28.5. The molecular weight excluding hydrogens is 531 g/mol. The predicted molar refractivity (Wildman–Crippen MR) is 128 cm³/mol. The number of carboxylic acids is 1. The van der Waals surface area contributed by atoms with E-state index >= 15 is 0 Å². The fourth-order valence-corrected chi connectivity index (χ4v) is 5.88. The number of alkyl halides is 6. The number of hydrogen-bond acceptors (Lipinski definition) is 3. The number of hydrogen-bond donors (Lipinski definition) is 1. The topological polar surface area (TPSA) is 49.8 Å². The number of carboxylic acid groups (broad SMARTS) is 1. The van der Waals surface area contributed by atoms with Crippen molar-refractivity contribution < 1.29 is 45.4 Å². The zero-order valence-corrected chi connectivity index (χ0v) is 21.2. The van der Waals surface area contributed by atoms with Crippen LogP contribution in [0.15, 0.2) is 42.5 Å². The summed E-state index contributed by atoms with van der Waals surface area (Å²) in [5, 5.41) is 9.44. The van der Waals surface area contributed by atoms with E-state index in [9.17, 15) is 40.6 Å². The van der Waals surface area contributed by atoms with Crippen molar-refractivity contribution in [1.82, 2.24) is 4.90 Å². The summed E-state index contributed by atoms with van der Waals surface area (Å²) in [6.07, 6.45) is -9.06. The Labute approximate surface area is 221 Å². The van der Waals surface area contributed by atoms with Crippen LogP contribution in [-0.4, -0.2) is 41.7 Å². The summed E-state index contributed by atoms with van der Waals surface area (Å²) >= 11 is 0. The Balaban J connectivity index is 1.59. The highest BCUT2D eigenvalue weighted by Crippen LogP contribution is 2.45. The maximum atomic E-state index is 13.7. The lowest BCUT2D eigenvalue weighted by atomic mass is 9.86. The van der Waals surface area contributed by atoms with E-state index < -0.39 is 53.4 Å². The third kappa shape index (κ3) is 7.11. The van der Waals surface area contributed by atoms with Gasteiger partial charge >= 0.3 is 18.3 Å². The second-order valence-corrected chi connectivity index (χ2v) is 10.5. The minimum Gasteiger partial charge on any atom is -0.481 e. The van der Waals surface area contributed by atoms with Gasteiger partial charge in [-0.05, 0) is 86.5 Å². The molecule has 4 nitrogen and oxygen atoms in total. The van der Waals surface area contributed by atoms with Crippen molar-refractivity contribution in [3.63, 3.8) is 0 Å². The summed E-state index contributed by atoms with van der Waals surface area (Å²) in [5.41, 5.74) is -2.29. The first-order chi connectivity index (χ1) is 18.2. The summed E-state index contributed by atoms with van der Waals surface area (Å²) in [5.74, 6) is -2.09. The maximum absolute atomic E-state index is 13.7. The van der Waals surface area contributed by atoms with Gasteiger partial charge in [-0.3, -0.25) is 4.79 Å². The molecule has 5 atom stereocenters. The highest BCUT2D eigenvalue weighted by molar-refractivity contribution is 5.70. The molecule has 1 saturated heterocycles. The Bertz CT molecular complexity index is 1120. The minimum absolute atomic E-state index is 0.0209. The average molecular weight is 562 g/mol. The molecule has 1 saturated carbocycles. The van der Waals surface area contributed by atoms with E-state index in [1.165, 1.54) is 19.1 Å². The molecule has 2 aromatic rings. The number of halogens is 7. The van der Waals surface area contributed by atoms with Crippen molar-refractivity contribution in [2.24, 2.45) is 11.8 Å². The van der Waals surface area contributed by atoms with Gasteiger partial charge in [-0.25, -0.2) is 4.39 Å². The molecular formula is C28H30F7NO3. The molecule has 1 aliphatic carbocycles. The van der Waals surface area contributed by atoms with Crippen LogP contribution in [-0.2, 0) is 21.9 Å². The number of nitrogens with zero attached hydrogens (tertiary/aromatic N) is 1. The first kappa shape index (κ1) is 29.3. The number of benzene rings is 2. The van der Waals surface area contributed by atoms with Gasteiger partial charge in [0.1, 0.15) is 5.82 Å². The maximum Gasteiger partial charge on any atom is 0.416 e. The lowest BCUT2D eigenvalue weighted by molar-refractivity contribution is -0.144. The van der Waals surface area contributed by atoms with Gasteiger partial charge < -0.3 is 14.7 Å². The molecule has 1 heterocycles. The van der Waals surface area contributed by atoms with Crippen LogP contribution in [0.4, 0.5) is 30.7 Å². The number of likely N-dealkylation sites (tertiary alicyclic amines) is 1. The van der Waals surface area contributed by atoms with Crippen LogP contribution < -0.4 is 0 Å². The largest absolute Gasteiger partial charge is 0.481 e. The summed E-state index contributed by atoms with van der Waals surface area (Å²) < 4.78 is 100. The SMILES string of the molecule is C[C@@H](O[C@H]1CC[C@@H](CN2CCCC(C(=O)O)C2)[C@@H]1c1ccc(F)cc1)c1cc(C(F)(F)F)cc(C(F)(F)F)c1. The molecule has 0 radical (unpaired) electrons. The van der Waals surface area contributed by atoms with Gasteiger partial charge in [0.25, 0.3) is 0 Å². The molecule has 0 spiro atoms. The molecule has 1 aliphatic heterocycles. The molecule has 0 bridgehead atoms. The van der Waals surface area contributed by atoms with Gasteiger partial charge in [-0.1, -0.05) is 12.1 Å². The van der Waals surface area contributed by atoms with Crippen LogP contribution in [0.2, 0.25) is 0 Å². The second kappa shape index (κ2) is 11.4. The van der Waals surface area contributed by atoms with E-state index in [1.54, 1.807) is 12.1 Å². The van der Waals surface area contributed by atoms with Gasteiger partial charge in [0, 0.05) is 19.0 Å². The van der Waals surface area contributed by atoms with E-state index in [1.807, 2.05) is 0 Å². The Morgan fingerprint density at radius 1 is 1.00 bits per heavy atom. The van der Waals surface area contributed by atoms with Crippen LogP contribution in [0.3, 0.4) is 0 Å². The van der Waals surface area contributed by atoms with Gasteiger partial charge in [0.2, 0.25) is 0 Å². The second-order valence-electron chi connectivity index (χ2n) is 10.5. The smallest absolute Gasteiger partial charge is 0.416 e. The first-order valence-corrected chi connectivity index (χ1v) is 12.9. The van der Waals surface area contributed by atoms with E-state index in [0.29, 0.717) is 44.5 Å². The van der Waals surface area contributed by atoms with Crippen LogP contribution in [0.1, 0.15) is 66.9 Å². The number of piperidine rings is 1. The third-order valence-electron chi connectivity index (χ3n) is 7.79. The molecule has 1 unspecified atom stereocenters. The van der Waals surface area contributed by atoms with Crippen LogP contribution in [0.25, 0.3) is 0 Å². The molecule has 214 valence electrons. The molecule has 2 aliphatic rings. The number of ether oxygens (including phenoxy) is 1. The molecule has 4 rings (SSSR count). The third-order valence-corrected chi connectivity index (χ3v) is 7.79. The lowest BCUT2D eigenvalue weighted by Gasteiger charge is -2.35. The van der Waals surface area contributed by atoms with Crippen LogP contribution in [0, 0.1) is 17.7 Å². The minimum atomic E-state index is -4.97.